The Hall–Kier alpha value is -2.98. The Labute approximate surface area is 237 Å². The van der Waals surface area contributed by atoms with E-state index in [2.05, 4.69) is 21.3 Å². The van der Waals surface area contributed by atoms with Crippen LogP contribution in [0, 0.1) is 34.0 Å². The van der Waals surface area contributed by atoms with Crippen LogP contribution in [0.25, 0.3) is 0 Å². The second kappa shape index (κ2) is 11.1. The van der Waals surface area contributed by atoms with E-state index in [1.807, 2.05) is 55.4 Å². The van der Waals surface area contributed by atoms with E-state index in [9.17, 15) is 28.8 Å². The lowest BCUT2D eigenvalue weighted by molar-refractivity contribution is -0.147. The van der Waals surface area contributed by atoms with Crippen LogP contribution in [0.4, 0.5) is 0 Å². The van der Waals surface area contributed by atoms with Crippen molar-refractivity contribution in [3.8, 4) is 0 Å². The molecule has 6 atom stereocenters. The number of piperidine rings is 1. The Morgan fingerprint density at radius 2 is 1.68 bits per heavy atom. The molecule has 4 N–H and O–H groups in total. The fourth-order valence-corrected chi connectivity index (χ4v) is 6.25. The predicted molar refractivity (Wildman–Crippen MR) is 148 cm³/mol. The van der Waals surface area contributed by atoms with Gasteiger partial charge in [0.05, 0.1) is 6.04 Å². The molecule has 3 fully saturated rings. The molecule has 224 valence electrons. The zero-order chi connectivity index (χ0) is 30.4. The molecule has 0 aromatic heterocycles. The van der Waals surface area contributed by atoms with Gasteiger partial charge in [0.15, 0.2) is 0 Å². The van der Waals surface area contributed by atoms with Crippen LogP contribution in [0.5, 0.6) is 0 Å². The number of hydrogen-bond donors (Lipinski definition) is 4. The maximum absolute atomic E-state index is 14.0. The van der Waals surface area contributed by atoms with Crippen molar-refractivity contribution in [1.82, 2.24) is 26.2 Å². The number of carbonyl (C=O) groups excluding carboxylic acids is 6. The lowest BCUT2D eigenvalue weighted by Gasteiger charge is -2.38. The number of ketones is 1. The maximum Gasteiger partial charge on any atom is 0.289 e. The van der Waals surface area contributed by atoms with E-state index >= 15 is 0 Å². The van der Waals surface area contributed by atoms with Gasteiger partial charge in [-0.3, -0.25) is 28.8 Å². The van der Waals surface area contributed by atoms with Crippen molar-refractivity contribution in [2.75, 3.05) is 20.1 Å². The first kappa shape index (κ1) is 31.5. The number of nitrogens with one attached hydrogen (secondary N) is 4. The molecule has 0 spiro atoms. The van der Waals surface area contributed by atoms with Gasteiger partial charge in [0.1, 0.15) is 12.1 Å². The van der Waals surface area contributed by atoms with Crippen LogP contribution in [0.2, 0.25) is 0 Å². The molecule has 1 saturated carbocycles. The van der Waals surface area contributed by atoms with Gasteiger partial charge in [-0.1, -0.05) is 55.4 Å². The highest BCUT2D eigenvalue weighted by molar-refractivity contribution is 6.38. The molecule has 0 aromatic carbocycles. The third-order valence-electron chi connectivity index (χ3n) is 8.64. The van der Waals surface area contributed by atoms with Crippen molar-refractivity contribution in [1.29, 1.82) is 0 Å². The highest BCUT2D eigenvalue weighted by Gasteiger charge is 2.70. The fourth-order valence-electron chi connectivity index (χ4n) is 6.25. The molecule has 11 nitrogen and oxygen atoms in total. The Balaban J connectivity index is 1.87. The van der Waals surface area contributed by atoms with Crippen molar-refractivity contribution < 1.29 is 28.8 Å². The van der Waals surface area contributed by atoms with Crippen molar-refractivity contribution in [3.63, 3.8) is 0 Å². The van der Waals surface area contributed by atoms with Gasteiger partial charge in [-0.15, -0.1) is 0 Å². The summed E-state index contributed by atoms with van der Waals surface area (Å²) in [6.45, 7) is 16.4. The van der Waals surface area contributed by atoms with Gasteiger partial charge in [-0.25, -0.2) is 0 Å². The van der Waals surface area contributed by atoms with Crippen LogP contribution in [0.3, 0.4) is 0 Å². The first-order valence-corrected chi connectivity index (χ1v) is 14.2. The summed E-state index contributed by atoms with van der Waals surface area (Å²) in [5.41, 5.74) is -1.07. The second-order valence-electron chi connectivity index (χ2n) is 14.5. The van der Waals surface area contributed by atoms with Gasteiger partial charge in [0.2, 0.25) is 29.4 Å². The van der Waals surface area contributed by atoms with Gasteiger partial charge in [-0.05, 0) is 40.9 Å². The number of carbonyl (C=O) groups is 6. The zero-order valence-corrected chi connectivity index (χ0v) is 25.4. The number of hydrogen-bond acceptors (Lipinski definition) is 6. The van der Waals surface area contributed by atoms with Crippen LogP contribution < -0.4 is 21.3 Å². The topological polar surface area (TPSA) is 154 Å². The molecule has 40 heavy (non-hydrogen) atoms. The van der Waals surface area contributed by atoms with Gasteiger partial charge >= 0.3 is 0 Å². The van der Waals surface area contributed by atoms with Crippen molar-refractivity contribution in [2.45, 2.75) is 92.8 Å². The highest BCUT2D eigenvalue weighted by atomic mass is 16.2. The number of fused-ring (bicyclic) bond motifs is 1. The largest absolute Gasteiger partial charge is 0.356 e. The predicted octanol–water partition coefficient (Wildman–Crippen LogP) is 0.763. The molecule has 0 radical (unpaired) electrons. The second-order valence-corrected chi connectivity index (χ2v) is 14.5. The first-order chi connectivity index (χ1) is 18.3. The zero-order valence-electron chi connectivity index (χ0n) is 25.4. The van der Waals surface area contributed by atoms with E-state index < -0.39 is 47.1 Å². The SMILES string of the molecule is CNC(=O)C(=O)[C@H](C[C@@H]1CCNC1=O)NC(=O)[C@@H]1[C@@H]2C(CN1C(=O)C(NC(=O)CC(C)(C)C)C(C)(C)C)C2(C)C. The molecule has 3 rings (SSSR count). The third-order valence-corrected chi connectivity index (χ3v) is 8.64. The minimum Gasteiger partial charge on any atom is -0.356 e. The summed E-state index contributed by atoms with van der Waals surface area (Å²) in [6, 6.07) is -2.93. The molecule has 3 aliphatic rings. The fraction of sp³-hybridized carbons (Fsp3) is 0.793. The van der Waals surface area contributed by atoms with Gasteiger partial charge in [0, 0.05) is 32.5 Å². The van der Waals surface area contributed by atoms with Gasteiger partial charge in [-0.2, -0.15) is 0 Å². The average Bonchev–Trinajstić information content (AvgIpc) is 3.18. The summed E-state index contributed by atoms with van der Waals surface area (Å²) in [7, 11) is 1.33. The lowest BCUT2D eigenvalue weighted by atomic mass is 9.84. The van der Waals surface area contributed by atoms with Crippen LogP contribution in [-0.4, -0.2) is 78.5 Å². The van der Waals surface area contributed by atoms with E-state index in [1.165, 1.54) is 11.9 Å². The lowest BCUT2D eigenvalue weighted by Crippen LogP contribution is -2.60. The first-order valence-electron chi connectivity index (χ1n) is 14.2. The number of amides is 5. The van der Waals surface area contributed by atoms with Crippen molar-refractivity contribution in [3.05, 3.63) is 0 Å². The van der Waals surface area contributed by atoms with Gasteiger partial charge < -0.3 is 26.2 Å². The smallest absolute Gasteiger partial charge is 0.289 e. The molecule has 2 unspecified atom stereocenters. The van der Waals surface area contributed by atoms with E-state index in [-0.39, 0.29) is 53.2 Å². The van der Waals surface area contributed by atoms with Crippen molar-refractivity contribution >= 4 is 35.3 Å². The normalized spacial score (nSPS) is 26.7. The number of likely N-dealkylation sites (N-methyl/N-ethyl adjacent to an activating group) is 1. The molecule has 5 amide bonds. The minimum absolute atomic E-state index is 0.00451. The summed E-state index contributed by atoms with van der Waals surface area (Å²) in [5.74, 6) is -3.57. The number of Topliss-reactive ketones (excluding diaryl/α,β-unsaturated/α-hetero) is 1. The van der Waals surface area contributed by atoms with Gasteiger partial charge in [0.25, 0.3) is 5.91 Å². The number of rotatable bonds is 9. The summed E-state index contributed by atoms with van der Waals surface area (Å²) < 4.78 is 0. The minimum atomic E-state index is -1.20. The monoisotopic (exact) mass is 561 g/mol. The summed E-state index contributed by atoms with van der Waals surface area (Å²) in [4.78, 5) is 79.7. The van der Waals surface area contributed by atoms with Crippen LogP contribution in [0.1, 0.15) is 74.7 Å². The number of nitrogens with zero attached hydrogens (tertiary/aromatic N) is 1. The average molecular weight is 562 g/mol. The Kier molecular flexibility index (Phi) is 8.77. The summed E-state index contributed by atoms with van der Waals surface area (Å²) >= 11 is 0. The summed E-state index contributed by atoms with van der Waals surface area (Å²) in [6.07, 6.45) is 0.738. The molecule has 2 aliphatic heterocycles. The van der Waals surface area contributed by atoms with Crippen LogP contribution in [0.15, 0.2) is 0 Å². The van der Waals surface area contributed by atoms with E-state index in [1.54, 1.807) is 0 Å². The molecular weight excluding hydrogens is 514 g/mol. The van der Waals surface area contributed by atoms with E-state index in [0.717, 1.165) is 0 Å². The van der Waals surface area contributed by atoms with E-state index in [0.29, 0.717) is 19.5 Å². The maximum atomic E-state index is 14.0. The van der Waals surface area contributed by atoms with E-state index in [4.69, 9.17) is 0 Å². The Morgan fingerprint density at radius 1 is 1.05 bits per heavy atom. The standard InChI is InChI=1S/C29H47N5O6/c1-27(2,3)13-18(35)33-22(28(4,5)6)26(40)34-14-16-19(29(16,7)8)20(34)24(38)32-17(21(36)25(39)30-9)12-15-10-11-31-23(15)37/h15-17,19-20,22H,10-14H2,1-9H3,(H,30,39)(H,31,37)(H,32,38)(H,33,35)/t15-,16?,17-,19-,20-,22?/m0/s1. The highest BCUT2D eigenvalue weighted by Crippen LogP contribution is 2.65. The molecule has 2 saturated heterocycles. The quantitative estimate of drug-likeness (QED) is 0.305. The number of likely N-dealkylation sites (tertiary alicyclic amines) is 1. The molecule has 1 aliphatic carbocycles. The molecule has 0 bridgehead atoms. The molecule has 11 heteroatoms. The molecule has 2 heterocycles. The Bertz CT molecular complexity index is 1070. The Morgan fingerprint density at radius 3 is 2.17 bits per heavy atom. The molecular formula is C29H47N5O6. The third kappa shape index (κ3) is 6.66. The summed E-state index contributed by atoms with van der Waals surface area (Å²) in [5, 5.41) is 10.7. The van der Waals surface area contributed by atoms with Crippen LogP contribution in [-0.2, 0) is 28.8 Å². The van der Waals surface area contributed by atoms with Crippen LogP contribution >= 0.6 is 0 Å². The molecule has 0 aromatic rings. The van der Waals surface area contributed by atoms with Crippen molar-refractivity contribution in [2.24, 2.45) is 34.0 Å².